The van der Waals surface area contributed by atoms with Crippen molar-refractivity contribution in [3.8, 4) is 5.75 Å². The Labute approximate surface area is 214 Å². The van der Waals surface area contributed by atoms with Crippen molar-refractivity contribution in [2.45, 2.75) is 76.5 Å². The molecule has 0 radical (unpaired) electrons. The SMILES string of the molecule is CC(C)Cc1ccc(C(C)C(=O)OC2=CCC3C4Cc5ccc(CO)c6c5C3(CCN4C)C2O6)cc1. The topological polar surface area (TPSA) is 59.0 Å². The molecule has 2 aliphatic carbocycles. The summed E-state index contributed by atoms with van der Waals surface area (Å²) < 4.78 is 12.8. The molecule has 2 aromatic carbocycles. The van der Waals surface area contributed by atoms with Crippen LogP contribution in [0.1, 0.15) is 67.3 Å². The Kier molecular flexibility index (Phi) is 5.77. The molecule has 1 spiro atoms. The first-order valence-electron chi connectivity index (χ1n) is 13.5. The number of hydrogen-bond donors (Lipinski definition) is 1. The molecule has 1 N–H and O–H groups in total. The number of likely N-dealkylation sites (tertiary alicyclic amines) is 1. The summed E-state index contributed by atoms with van der Waals surface area (Å²) in [6.45, 7) is 7.28. The molecule has 2 aliphatic heterocycles. The normalized spacial score (nSPS) is 28.8. The molecule has 0 aromatic heterocycles. The number of carbonyl (C=O) groups is 1. The number of aliphatic hydroxyl groups excluding tert-OH is 1. The predicted molar refractivity (Wildman–Crippen MR) is 139 cm³/mol. The first-order valence-corrected chi connectivity index (χ1v) is 13.5. The van der Waals surface area contributed by atoms with Crippen LogP contribution in [0.25, 0.3) is 0 Å². The fourth-order valence-corrected chi connectivity index (χ4v) is 7.36. The van der Waals surface area contributed by atoms with E-state index in [4.69, 9.17) is 9.47 Å². The number of allylic oxidation sites excluding steroid dienone is 1. The van der Waals surface area contributed by atoms with E-state index < -0.39 is 0 Å². The number of esters is 1. The van der Waals surface area contributed by atoms with Gasteiger partial charge in [-0.1, -0.05) is 50.2 Å². The quantitative estimate of drug-likeness (QED) is 0.588. The molecule has 2 bridgehead atoms. The van der Waals surface area contributed by atoms with E-state index in [1.807, 2.05) is 13.0 Å². The van der Waals surface area contributed by atoms with Gasteiger partial charge in [0.25, 0.3) is 0 Å². The van der Waals surface area contributed by atoms with Crippen LogP contribution >= 0.6 is 0 Å². The Morgan fingerprint density at radius 1 is 1.19 bits per heavy atom. The minimum atomic E-state index is -0.363. The second-order valence-corrected chi connectivity index (χ2v) is 11.7. The highest BCUT2D eigenvalue weighted by Crippen LogP contribution is 2.62. The summed E-state index contributed by atoms with van der Waals surface area (Å²) >= 11 is 0. The molecule has 0 amide bonds. The molecule has 5 atom stereocenters. The third-order valence-corrected chi connectivity index (χ3v) is 9.19. The number of piperidine rings is 1. The van der Waals surface area contributed by atoms with E-state index in [1.165, 1.54) is 16.7 Å². The molecule has 5 heteroatoms. The van der Waals surface area contributed by atoms with Gasteiger partial charge < -0.3 is 19.5 Å². The Bertz CT molecular complexity index is 1220. The van der Waals surface area contributed by atoms with Gasteiger partial charge in [-0.25, -0.2) is 0 Å². The van der Waals surface area contributed by atoms with Crippen molar-refractivity contribution in [3.63, 3.8) is 0 Å². The second-order valence-electron chi connectivity index (χ2n) is 11.7. The van der Waals surface area contributed by atoms with Crippen LogP contribution < -0.4 is 4.74 Å². The molecule has 2 aromatic rings. The van der Waals surface area contributed by atoms with E-state index >= 15 is 0 Å². The average molecular weight is 488 g/mol. The highest BCUT2D eigenvalue weighted by Gasteiger charge is 2.64. The standard InChI is InChI=1S/C31H37NO4/c1-18(2)15-20-5-7-21(8-6-20)19(3)30(34)35-26-12-11-24-25-16-22-9-10-23(17-33)28-27(22)31(24,29(26)36-28)13-14-32(25)4/h5-10,12,18-19,24-25,29,33H,11,13-17H2,1-4H3. The predicted octanol–water partition coefficient (Wildman–Crippen LogP) is 4.89. The molecule has 36 heavy (non-hydrogen) atoms. The highest BCUT2D eigenvalue weighted by molar-refractivity contribution is 5.79. The van der Waals surface area contributed by atoms with Crippen molar-refractivity contribution in [2.24, 2.45) is 11.8 Å². The molecule has 1 saturated heterocycles. The van der Waals surface area contributed by atoms with Crippen molar-refractivity contribution < 1.29 is 19.4 Å². The Hall–Kier alpha value is -2.63. The zero-order chi connectivity index (χ0) is 25.2. The minimum Gasteiger partial charge on any atom is -0.481 e. The number of nitrogens with zero attached hydrogens (tertiary/aromatic N) is 1. The van der Waals surface area contributed by atoms with Crippen LogP contribution in [0.4, 0.5) is 0 Å². The summed E-state index contributed by atoms with van der Waals surface area (Å²) in [4.78, 5) is 15.9. The van der Waals surface area contributed by atoms with Gasteiger partial charge in [-0.05, 0) is 80.8 Å². The molecule has 190 valence electrons. The van der Waals surface area contributed by atoms with Crippen molar-refractivity contribution >= 4 is 5.97 Å². The molecule has 4 aliphatic rings. The van der Waals surface area contributed by atoms with E-state index in [1.54, 1.807) is 0 Å². The van der Waals surface area contributed by atoms with E-state index in [0.717, 1.165) is 49.1 Å². The van der Waals surface area contributed by atoms with E-state index in [-0.39, 0.29) is 30.0 Å². The lowest BCUT2D eigenvalue weighted by molar-refractivity contribution is -0.144. The van der Waals surface area contributed by atoms with Crippen LogP contribution in [-0.4, -0.2) is 41.7 Å². The molecule has 5 nitrogen and oxygen atoms in total. The lowest BCUT2D eigenvalue weighted by Gasteiger charge is -2.56. The third-order valence-electron chi connectivity index (χ3n) is 9.19. The van der Waals surface area contributed by atoms with Crippen molar-refractivity contribution in [1.82, 2.24) is 4.90 Å². The molecular weight excluding hydrogens is 450 g/mol. The van der Waals surface area contributed by atoms with Crippen LogP contribution in [-0.2, 0) is 34.4 Å². The number of rotatable bonds is 6. The smallest absolute Gasteiger partial charge is 0.318 e. The van der Waals surface area contributed by atoms with Crippen LogP contribution in [0.3, 0.4) is 0 Å². The zero-order valence-electron chi connectivity index (χ0n) is 21.8. The maximum absolute atomic E-state index is 13.4. The fraction of sp³-hybridized carbons (Fsp3) is 0.516. The monoisotopic (exact) mass is 487 g/mol. The summed E-state index contributed by atoms with van der Waals surface area (Å²) in [7, 11) is 2.23. The zero-order valence-corrected chi connectivity index (χ0v) is 21.8. The summed E-state index contributed by atoms with van der Waals surface area (Å²) in [5.74, 6) is 1.88. The number of carbonyl (C=O) groups excluding carboxylic acids is 1. The highest BCUT2D eigenvalue weighted by atomic mass is 16.6. The summed E-state index contributed by atoms with van der Waals surface area (Å²) in [5.41, 5.74) is 5.48. The molecular formula is C31H37NO4. The lowest BCUT2D eigenvalue weighted by atomic mass is 9.53. The fourth-order valence-electron chi connectivity index (χ4n) is 7.36. The molecule has 0 saturated carbocycles. The van der Waals surface area contributed by atoms with Crippen LogP contribution in [0.5, 0.6) is 5.75 Å². The second kappa shape index (κ2) is 8.74. The lowest BCUT2D eigenvalue weighted by Crippen LogP contribution is -2.63. The maximum atomic E-state index is 13.4. The summed E-state index contributed by atoms with van der Waals surface area (Å²) in [5, 5.41) is 10.1. The van der Waals surface area contributed by atoms with Crippen LogP contribution in [0.2, 0.25) is 0 Å². The van der Waals surface area contributed by atoms with Crippen LogP contribution in [0, 0.1) is 11.8 Å². The summed E-state index contributed by atoms with van der Waals surface area (Å²) in [6.07, 6.45) is 5.65. The van der Waals surface area contributed by atoms with Crippen molar-refractivity contribution in [3.05, 3.63) is 76.1 Å². The molecule has 1 fully saturated rings. The van der Waals surface area contributed by atoms with Gasteiger partial charge in [-0.15, -0.1) is 0 Å². The van der Waals surface area contributed by atoms with Gasteiger partial charge in [-0.3, -0.25) is 4.79 Å². The first kappa shape index (κ1) is 23.7. The average Bonchev–Trinajstić information content (AvgIpc) is 3.22. The van der Waals surface area contributed by atoms with Crippen molar-refractivity contribution in [1.29, 1.82) is 0 Å². The van der Waals surface area contributed by atoms with Gasteiger partial charge in [0.05, 0.1) is 12.5 Å². The number of aliphatic hydroxyl groups is 1. The van der Waals surface area contributed by atoms with Gasteiger partial charge in [0.15, 0.2) is 6.10 Å². The summed E-state index contributed by atoms with van der Waals surface area (Å²) in [6, 6.07) is 13.0. The molecule has 6 rings (SSSR count). The van der Waals surface area contributed by atoms with Gasteiger partial charge in [0.2, 0.25) is 0 Å². The first-order chi connectivity index (χ1) is 17.3. The minimum absolute atomic E-state index is 0.0535. The van der Waals surface area contributed by atoms with E-state index in [9.17, 15) is 9.90 Å². The van der Waals surface area contributed by atoms with E-state index in [2.05, 4.69) is 62.2 Å². The van der Waals surface area contributed by atoms with Gasteiger partial charge in [0.1, 0.15) is 11.5 Å². The Balaban J connectivity index is 1.30. The Morgan fingerprint density at radius 2 is 1.97 bits per heavy atom. The third kappa shape index (κ3) is 3.47. The number of hydrogen-bond acceptors (Lipinski definition) is 5. The van der Waals surface area contributed by atoms with Gasteiger partial charge >= 0.3 is 5.97 Å². The maximum Gasteiger partial charge on any atom is 0.318 e. The number of ether oxygens (including phenoxy) is 2. The largest absolute Gasteiger partial charge is 0.481 e. The Morgan fingerprint density at radius 3 is 2.69 bits per heavy atom. The van der Waals surface area contributed by atoms with E-state index in [0.29, 0.717) is 23.6 Å². The molecule has 5 unspecified atom stereocenters. The van der Waals surface area contributed by atoms with Gasteiger partial charge in [-0.2, -0.15) is 0 Å². The number of likely N-dealkylation sites (N-methyl/N-ethyl adjacent to an activating group) is 1. The van der Waals surface area contributed by atoms with Crippen molar-refractivity contribution in [2.75, 3.05) is 13.6 Å². The van der Waals surface area contributed by atoms with Gasteiger partial charge in [0, 0.05) is 22.6 Å². The molecule has 2 heterocycles. The van der Waals surface area contributed by atoms with Crippen LogP contribution in [0.15, 0.2) is 48.2 Å². The number of benzene rings is 2.